The third kappa shape index (κ3) is 3.26. The van der Waals surface area contributed by atoms with Crippen molar-refractivity contribution in [2.75, 3.05) is 0 Å². The maximum absolute atomic E-state index is 4.96. The van der Waals surface area contributed by atoms with Crippen molar-refractivity contribution in [3.05, 3.63) is 84.9 Å². The zero-order valence-corrected chi connectivity index (χ0v) is 13.1. The second-order valence-corrected chi connectivity index (χ2v) is 6.70. The fourth-order valence-electron chi connectivity index (χ4n) is 2.16. The molecule has 0 unspecified atom stereocenters. The minimum Gasteiger partial charge on any atom is -0.429 e. The summed E-state index contributed by atoms with van der Waals surface area (Å²) in [5.74, 6) is 0.756. The molecule has 0 aliphatic rings. The van der Waals surface area contributed by atoms with E-state index in [1.54, 1.807) is 0 Å². The van der Waals surface area contributed by atoms with E-state index in [-0.39, 0.29) is 10.9 Å². The van der Waals surface area contributed by atoms with Crippen LogP contribution < -0.4 is 4.18 Å². The van der Waals surface area contributed by atoms with Gasteiger partial charge < -0.3 is 4.18 Å². The molecule has 0 aliphatic heterocycles. The van der Waals surface area contributed by atoms with Gasteiger partial charge >= 0.3 is 0 Å². The number of thiol groups is 1. The highest BCUT2D eigenvalue weighted by Crippen LogP contribution is 2.31. The van der Waals surface area contributed by atoms with Crippen LogP contribution in [0.1, 0.15) is 0 Å². The summed E-state index contributed by atoms with van der Waals surface area (Å²) >= 11 is 3.84. The highest BCUT2D eigenvalue weighted by atomic mass is 32.2. The molecule has 1 nitrogen and oxygen atoms in total. The molecule has 3 aromatic carbocycles. The molecule has 0 aliphatic carbocycles. The molecule has 0 amide bonds. The topological polar surface area (TPSA) is 9.23 Å². The lowest BCUT2D eigenvalue weighted by Crippen LogP contribution is -2.04. The molecule has 0 bridgehead atoms. The zero-order chi connectivity index (χ0) is 14.5. The molecule has 3 aromatic rings. The smallest absolute Gasteiger partial charge is 0.166 e. The zero-order valence-electron chi connectivity index (χ0n) is 11.3. The van der Waals surface area contributed by atoms with Crippen LogP contribution in [0.5, 0.6) is 5.75 Å². The maximum Gasteiger partial charge on any atom is 0.166 e. The lowest BCUT2D eigenvalue weighted by Gasteiger charge is -2.08. The average molecular weight is 311 g/mol. The van der Waals surface area contributed by atoms with E-state index < -0.39 is 0 Å². The number of hydrogen-bond donors (Lipinski definition) is 1. The number of benzene rings is 3. The third-order valence-electron chi connectivity index (χ3n) is 3.12. The van der Waals surface area contributed by atoms with E-state index >= 15 is 0 Å². The Morgan fingerprint density at radius 3 is 1.43 bits per heavy atom. The molecule has 0 aromatic heterocycles. The van der Waals surface area contributed by atoms with E-state index in [1.807, 2.05) is 24.3 Å². The maximum atomic E-state index is 4.96. The Hall–Kier alpha value is -1.84. The van der Waals surface area contributed by atoms with Gasteiger partial charge in [0.05, 0.1) is 10.9 Å². The van der Waals surface area contributed by atoms with Crippen molar-refractivity contribution >= 4 is 23.8 Å². The van der Waals surface area contributed by atoms with Crippen LogP contribution in [-0.4, -0.2) is 0 Å². The molecule has 3 heteroatoms. The van der Waals surface area contributed by atoms with Gasteiger partial charge in [0.2, 0.25) is 0 Å². The summed E-state index contributed by atoms with van der Waals surface area (Å²) in [6.07, 6.45) is 0. The van der Waals surface area contributed by atoms with Gasteiger partial charge in [-0.1, -0.05) is 36.4 Å². The normalized spacial score (nSPS) is 10.6. The fraction of sp³-hybridized carbons (Fsp3) is 0. The summed E-state index contributed by atoms with van der Waals surface area (Å²) in [7, 11) is -0.105. The molecule has 21 heavy (non-hydrogen) atoms. The molecule has 0 spiro atoms. The van der Waals surface area contributed by atoms with Crippen LogP contribution in [0.25, 0.3) is 0 Å². The van der Waals surface area contributed by atoms with Crippen molar-refractivity contribution in [3.63, 3.8) is 0 Å². The van der Waals surface area contributed by atoms with Crippen molar-refractivity contribution in [2.24, 2.45) is 0 Å². The summed E-state index contributed by atoms with van der Waals surface area (Å²) in [6.45, 7) is 0. The molecule has 0 saturated carbocycles. The van der Waals surface area contributed by atoms with Crippen molar-refractivity contribution in [3.8, 4) is 5.75 Å². The van der Waals surface area contributed by atoms with Crippen molar-refractivity contribution < 1.29 is 4.18 Å². The van der Waals surface area contributed by atoms with Crippen molar-refractivity contribution in [1.29, 1.82) is 0 Å². The van der Waals surface area contributed by atoms with Gasteiger partial charge in [-0.2, -0.15) is 0 Å². The standard InChI is InChI=1S/C18H14OS2/c20-19-15-11-13-18(14-12-15)21(16-7-3-1-4-8-16)17-9-5-2-6-10-17/h1-14H/p+1. The summed E-state index contributed by atoms with van der Waals surface area (Å²) in [5, 5.41) is 0. The van der Waals surface area contributed by atoms with Gasteiger partial charge in [0.25, 0.3) is 0 Å². The predicted molar refractivity (Wildman–Crippen MR) is 91.1 cm³/mol. The first kappa shape index (κ1) is 14.1. The van der Waals surface area contributed by atoms with Gasteiger partial charge in [0.15, 0.2) is 14.7 Å². The highest BCUT2D eigenvalue weighted by molar-refractivity contribution is 7.97. The van der Waals surface area contributed by atoms with Crippen LogP contribution in [0.4, 0.5) is 0 Å². The van der Waals surface area contributed by atoms with Gasteiger partial charge in [0.1, 0.15) is 5.75 Å². The Morgan fingerprint density at radius 2 is 1.00 bits per heavy atom. The van der Waals surface area contributed by atoms with Gasteiger partial charge in [0, 0.05) is 12.9 Å². The molecule has 3 rings (SSSR count). The Balaban J connectivity index is 2.07. The number of rotatable bonds is 4. The van der Waals surface area contributed by atoms with E-state index in [0.717, 1.165) is 5.75 Å². The molecule has 0 heterocycles. The van der Waals surface area contributed by atoms with Crippen LogP contribution >= 0.6 is 12.9 Å². The summed E-state index contributed by atoms with van der Waals surface area (Å²) < 4.78 is 4.96. The quantitative estimate of drug-likeness (QED) is 0.405. The first-order valence-electron chi connectivity index (χ1n) is 6.64. The first-order valence-corrected chi connectivity index (χ1v) is 8.23. The molecule has 0 saturated heterocycles. The van der Waals surface area contributed by atoms with E-state index in [4.69, 9.17) is 4.18 Å². The van der Waals surface area contributed by atoms with Gasteiger partial charge in [-0.3, -0.25) is 0 Å². The summed E-state index contributed by atoms with van der Waals surface area (Å²) in [5.41, 5.74) is 0. The Morgan fingerprint density at radius 1 is 0.571 bits per heavy atom. The minimum atomic E-state index is -0.105. The molecule has 0 fully saturated rings. The van der Waals surface area contributed by atoms with E-state index in [0.29, 0.717) is 0 Å². The molecule has 0 atom stereocenters. The average Bonchev–Trinajstić information content (AvgIpc) is 2.58. The first-order chi connectivity index (χ1) is 10.4. The SMILES string of the molecule is SOc1ccc([S+](c2ccccc2)c2ccccc2)cc1. The van der Waals surface area contributed by atoms with Crippen molar-refractivity contribution in [1.82, 2.24) is 0 Å². The Kier molecular flexibility index (Phi) is 4.53. The van der Waals surface area contributed by atoms with E-state index in [2.05, 4.69) is 73.6 Å². The third-order valence-corrected chi connectivity index (χ3v) is 5.56. The fourth-order valence-corrected chi connectivity index (χ4v) is 4.36. The number of hydrogen-bond acceptors (Lipinski definition) is 2. The minimum absolute atomic E-state index is 0.105. The lowest BCUT2D eigenvalue weighted by atomic mass is 10.3. The van der Waals surface area contributed by atoms with Gasteiger partial charge in [-0.25, -0.2) is 0 Å². The second-order valence-electron chi connectivity index (χ2n) is 4.49. The largest absolute Gasteiger partial charge is 0.429 e. The Labute approximate surface area is 133 Å². The molecule has 0 radical (unpaired) electrons. The van der Waals surface area contributed by atoms with Gasteiger partial charge in [-0.15, -0.1) is 0 Å². The van der Waals surface area contributed by atoms with Crippen LogP contribution in [0.15, 0.2) is 99.6 Å². The summed E-state index contributed by atoms with van der Waals surface area (Å²) in [4.78, 5) is 3.88. The van der Waals surface area contributed by atoms with Crippen LogP contribution in [-0.2, 0) is 10.9 Å². The monoisotopic (exact) mass is 311 g/mol. The van der Waals surface area contributed by atoms with Gasteiger partial charge in [-0.05, 0) is 48.5 Å². The van der Waals surface area contributed by atoms with Crippen LogP contribution in [0.2, 0.25) is 0 Å². The van der Waals surface area contributed by atoms with E-state index in [9.17, 15) is 0 Å². The second kappa shape index (κ2) is 6.74. The van der Waals surface area contributed by atoms with E-state index in [1.165, 1.54) is 14.7 Å². The highest BCUT2D eigenvalue weighted by Gasteiger charge is 2.27. The molecular weight excluding hydrogens is 296 g/mol. The lowest BCUT2D eigenvalue weighted by molar-refractivity contribution is 0.658. The Bertz CT molecular complexity index is 642. The van der Waals surface area contributed by atoms with Crippen LogP contribution in [0, 0.1) is 0 Å². The molecular formula is C18H15OS2+. The molecule has 0 N–H and O–H groups in total. The summed E-state index contributed by atoms with van der Waals surface area (Å²) in [6, 6.07) is 29.3. The predicted octanol–water partition coefficient (Wildman–Crippen LogP) is 5.01. The van der Waals surface area contributed by atoms with Crippen molar-refractivity contribution in [2.45, 2.75) is 14.7 Å². The van der Waals surface area contributed by atoms with Crippen LogP contribution in [0.3, 0.4) is 0 Å². The molecule has 104 valence electrons.